The van der Waals surface area contributed by atoms with Crippen molar-refractivity contribution in [3.8, 4) is 0 Å². The predicted molar refractivity (Wildman–Crippen MR) is 107 cm³/mol. The number of amides is 3. The number of benzene rings is 1. The fourth-order valence-electron chi connectivity index (χ4n) is 3.33. The van der Waals surface area contributed by atoms with Gasteiger partial charge in [-0.1, -0.05) is 13.0 Å². The number of carbonyl (C=O) groups is 3. The van der Waals surface area contributed by atoms with Crippen molar-refractivity contribution in [2.24, 2.45) is 5.41 Å². The van der Waals surface area contributed by atoms with E-state index in [1.54, 1.807) is 32.2 Å². The summed E-state index contributed by atoms with van der Waals surface area (Å²) in [4.78, 5) is 40.0. The zero-order valence-electron chi connectivity index (χ0n) is 17.0. The first-order valence-electron chi connectivity index (χ1n) is 9.38. The Morgan fingerprint density at radius 1 is 1.32 bits per heavy atom. The van der Waals surface area contributed by atoms with Gasteiger partial charge in [0.15, 0.2) is 0 Å². The average molecular weight is 390 g/mol. The van der Waals surface area contributed by atoms with Crippen LogP contribution in [0.25, 0.3) is 0 Å². The maximum Gasteiger partial charge on any atom is 0.251 e. The lowest BCUT2D eigenvalue weighted by Gasteiger charge is -2.35. The topological polar surface area (TPSA) is 102 Å². The molecule has 8 heteroatoms. The van der Waals surface area contributed by atoms with E-state index in [1.807, 2.05) is 25.1 Å². The van der Waals surface area contributed by atoms with Gasteiger partial charge in [-0.15, -0.1) is 0 Å². The molecule has 1 fully saturated rings. The molecule has 0 saturated carbocycles. The second kappa shape index (κ2) is 9.05. The van der Waals surface area contributed by atoms with E-state index in [0.717, 1.165) is 5.69 Å². The van der Waals surface area contributed by atoms with Crippen LogP contribution in [-0.2, 0) is 9.59 Å². The van der Waals surface area contributed by atoms with Gasteiger partial charge >= 0.3 is 0 Å². The SMILES string of the molecule is CN(CC(O)CNC(=O)c1cccc(N(C)C)c1)C(=O)C1(C)CCNC(=O)C1. The van der Waals surface area contributed by atoms with Crippen molar-refractivity contribution in [2.45, 2.75) is 25.9 Å². The maximum atomic E-state index is 12.7. The van der Waals surface area contributed by atoms with Crippen LogP contribution in [0.4, 0.5) is 5.69 Å². The first-order valence-corrected chi connectivity index (χ1v) is 9.38. The number of nitrogens with zero attached hydrogens (tertiary/aromatic N) is 2. The molecule has 0 aromatic heterocycles. The zero-order valence-corrected chi connectivity index (χ0v) is 17.0. The van der Waals surface area contributed by atoms with Crippen LogP contribution in [0.3, 0.4) is 0 Å². The third-order valence-electron chi connectivity index (χ3n) is 5.02. The van der Waals surface area contributed by atoms with Gasteiger partial charge in [0.2, 0.25) is 11.8 Å². The Hall–Kier alpha value is -2.61. The minimum Gasteiger partial charge on any atom is -0.389 e. The molecule has 1 aromatic rings. The fraction of sp³-hybridized carbons (Fsp3) is 0.550. The molecule has 0 bridgehead atoms. The van der Waals surface area contributed by atoms with E-state index in [9.17, 15) is 19.5 Å². The molecule has 1 heterocycles. The number of anilines is 1. The second-order valence-electron chi connectivity index (χ2n) is 7.83. The maximum absolute atomic E-state index is 12.7. The van der Waals surface area contributed by atoms with E-state index in [4.69, 9.17) is 0 Å². The smallest absolute Gasteiger partial charge is 0.251 e. The van der Waals surface area contributed by atoms with Crippen molar-refractivity contribution in [3.05, 3.63) is 29.8 Å². The Morgan fingerprint density at radius 3 is 2.68 bits per heavy atom. The van der Waals surface area contributed by atoms with Crippen LogP contribution in [0, 0.1) is 5.41 Å². The van der Waals surface area contributed by atoms with Gasteiger partial charge < -0.3 is 25.5 Å². The number of piperidine rings is 1. The van der Waals surface area contributed by atoms with Gasteiger partial charge in [0.05, 0.1) is 11.5 Å². The summed E-state index contributed by atoms with van der Waals surface area (Å²) >= 11 is 0. The van der Waals surface area contributed by atoms with Gasteiger partial charge in [-0.25, -0.2) is 0 Å². The van der Waals surface area contributed by atoms with E-state index >= 15 is 0 Å². The second-order valence-corrected chi connectivity index (χ2v) is 7.83. The number of carbonyl (C=O) groups excluding carboxylic acids is 3. The number of aliphatic hydroxyl groups excluding tert-OH is 1. The van der Waals surface area contributed by atoms with Gasteiger partial charge in [-0.3, -0.25) is 14.4 Å². The molecular formula is C20H30N4O4. The van der Waals surface area contributed by atoms with Crippen molar-refractivity contribution in [1.29, 1.82) is 0 Å². The summed E-state index contributed by atoms with van der Waals surface area (Å²) in [5.74, 6) is -0.595. The molecule has 2 atom stereocenters. The highest BCUT2D eigenvalue weighted by Crippen LogP contribution is 2.30. The summed E-state index contributed by atoms with van der Waals surface area (Å²) in [7, 11) is 5.39. The van der Waals surface area contributed by atoms with Gasteiger partial charge in [0.1, 0.15) is 0 Å². The summed E-state index contributed by atoms with van der Waals surface area (Å²) in [6.45, 7) is 2.35. The Kier molecular flexibility index (Phi) is 7.01. The molecule has 0 spiro atoms. The standard InChI is InChI=1S/C20H30N4O4/c1-20(8-9-21-17(26)11-20)19(28)24(4)13-16(25)12-22-18(27)14-6-5-7-15(10-14)23(2)3/h5-7,10,16,25H,8-9,11-13H2,1-4H3,(H,21,26)(H,22,27). The summed E-state index contributed by atoms with van der Waals surface area (Å²) in [5.41, 5.74) is 0.652. The summed E-state index contributed by atoms with van der Waals surface area (Å²) < 4.78 is 0. The van der Waals surface area contributed by atoms with Gasteiger partial charge in [-0.2, -0.15) is 0 Å². The largest absolute Gasteiger partial charge is 0.389 e. The monoisotopic (exact) mass is 390 g/mol. The molecule has 154 valence electrons. The first kappa shape index (κ1) is 21.7. The van der Waals surface area contributed by atoms with Crippen molar-refractivity contribution in [2.75, 3.05) is 45.7 Å². The Bertz CT molecular complexity index is 737. The highest BCUT2D eigenvalue weighted by molar-refractivity contribution is 5.95. The van der Waals surface area contributed by atoms with Gasteiger partial charge in [0.25, 0.3) is 5.91 Å². The number of aliphatic hydroxyl groups is 1. The van der Waals surface area contributed by atoms with E-state index in [0.29, 0.717) is 18.5 Å². The molecule has 0 aliphatic carbocycles. The number of rotatable bonds is 7. The van der Waals surface area contributed by atoms with Gasteiger partial charge in [-0.05, 0) is 24.6 Å². The molecule has 28 heavy (non-hydrogen) atoms. The molecule has 0 radical (unpaired) electrons. The lowest BCUT2D eigenvalue weighted by Crippen LogP contribution is -2.50. The molecule has 1 aromatic carbocycles. The Morgan fingerprint density at radius 2 is 2.04 bits per heavy atom. The molecule has 3 amide bonds. The van der Waals surface area contributed by atoms with E-state index in [-0.39, 0.29) is 37.2 Å². The van der Waals surface area contributed by atoms with Gasteiger partial charge in [0, 0.05) is 58.4 Å². The van der Waals surface area contributed by atoms with Crippen LogP contribution in [0.15, 0.2) is 24.3 Å². The molecule has 8 nitrogen and oxygen atoms in total. The minimum atomic E-state index is -0.907. The number of likely N-dealkylation sites (N-methyl/N-ethyl adjacent to an activating group) is 1. The number of hydrogen-bond acceptors (Lipinski definition) is 5. The average Bonchev–Trinajstić information content (AvgIpc) is 2.65. The van der Waals surface area contributed by atoms with Crippen molar-refractivity contribution in [1.82, 2.24) is 15.5 Å². The third-order valence-corrected chi connectivity index (χ3v) is 5.02. The number of hydrogen-bond donors (Lipinski definition) is 3. The normalized spacial score (nSPS) is 20.1. The van der Waals surface area contributed by atoms with Crippen molar-refractivity contribution < 1.29 is 19.5 Å². The summed E-state index contributed by atoms with van der Waals surface area (Å²) in [6, 6.07) is 7.18. The van der Waals surface area contributed by atoms with Crippen LogP contribution >= 0.6 is 0 Å². The lowest BCUT2D eigenvalue weighted by molar-refractivity contribution is -0.146. The minimum absolute atomic E-state index is 0.0276. The van der Waals surface area contributed by atoms with Crippen LogP contribution < -0.4 is 15.5 Å². The van der Waals surface area contributed by atoms with Crippen molar-refractivity contribution in [3.63, 3.8) is 0 Å². The molecule has 1 aliphatic heterocycles. The molecule has 2 unspecified atom stereocenters. The van der Waals surface area contributed by atoms with Crippen LogP contribution in [0.1, 0.15) is 30.1 Å². The Labute approximate surface area is 165 Å². The lowest BCUT2D eigenvalue weighted by atomic mass is 9.79. The predicted octanol–water partition coefficient (Wildman–Crippen LogP) is 0.218. The molecule has 1 aliphatic rings. The fourth-order valence-corrected chi connectivity index (χ4v) is 3.33. The zero-order chi connectivity index (χ0) is 20.9. The highest BCUT2D eigenvalue weighted by Gasteiger charge is 2.40. The first-order chi connectivity index (χ1) is 13.1. The van der Waals surface area contributed by atoms with E-state index in [1.165, 1.54) is 4.90 Å². The van der Waals surface area contributed by atoms with E-state index in [2.05, 4.69) is 10.6 Å². The number of nitrogens with one attached hydrogen (secondary N) is 2. The molecule has 1 saturated heterocycles. The van der Waals surface area contributed by atoms with Crippen LogP contribution in [0.5, 0.6) is 0 Å². The molecule has 3 N–H and O–H groups in total. The molecule has 2 rings (SSSR count). The summed E-state index contributed by atoms with van der Waals surface area (Å²) in [5, 5.41) is 15.7. The van der Waals surface area contributed by atoms with Crippen LogP contribution in [-0.4, -0.2) is 74.6 Å². The van der Waals surface area contributed by atoms with E-state index < -0.39 is 11.5 Å². The van der Waals surface area contributed by atoms with Crippen molar-refractivity contribution >= 4 is 23.4 Å². The third kappa shape index (κ3) is 5.45. The molecular weight excluding hydrogens is 360 g/mol. The quantitative estimate of drug-likeness (QED) is 0.618. The summed E-state index contributed by atoms with van der Waals surface area (Å²) in [6.07, 6.45) is -0.196. The Balaban J connectivity index is 1.87. The van der Waals surface area contributed by atoms with Crippen LogP contribution in [0.2, 0.25) is 0 Å². The highest BCUT2D eigenvalue weighted by atomic mass is 16.3.